The van der Waals surface area contributed by atoms with Crippen LogP contribution in [0, 0.1) is 0 Å². The third-order valence-electron chi connectivity index (χ3n) is 5.62. The molecule has 0 bridgehead atoms. The largest absolute Gasteiger partial charge is 0.351 e. The molecule has 4 rings (SSSR count). The number of aromatic amines is 1. The van der Waals surface area contributed by atoms with E-state index in [0.29, 0.717) is 13.0 Å². The van der Waals surface area contributed by atoms with Gasteiger partial charge in [0.05, 0.1) is 29.7 Å². The molecule has 2 heterocycles. The standard InChI is InChI=1S/C23H28N6O2/c24-13-21(30)26-16-12-20(25-14-16)23(31)29-19(11-10-15-6-2-1-3-7-15)22-27-17-8-4-5-9-18(17)28-22/h1-9,16,19-20,25H,10-14,24H2,(H,26,30)(H,27,28)(H,29,31)/t16?,19-,20?/m0/s1. The van der Waals surface area contributed by atoms with Gasteiger partial charge in [0.1, 0.15) is 5.82 Å². The molecule has 1 aliphatic heterocycles. The highest BCUT2D eigenvalue weighted by Crippen LogP contribution is 2.21. The normalized spacial score (nSPS) is 19.3. The molecule has 0 aliphatic carbocycles. The number of rotatable bonds is 8. The van der Waals surface area contributed by atoms with Gasteiger partial charge >= 0.3 is 0 Å². The maximum Gasteiger partial charge on any atom is 0.237 e. The van der Waals surface area contributed by atoms with Gasteiger partial charge in [0.25, 0.3) is 0 Å². The van der Waals surface area contributed by atoms with Crippen LogP contribution in [-0.4, -0.2) is 47.0 Å². The highest BCUT2D eigenvalue weighted by atomic mass is 16.2. The van der Waals surface area contributed by atoms with Crippen molar-refractivity contribution in [1.82, 2.24) is 25.9 Å². The number of aryl methyl sites for hydroxylation is 1. The first-order chi connectivity index (χ1) is 15.1. The van der Waals surface area contributed by atoms with Crippen molar-refractivity contribution in [2.75, 3.05) is 13.1 Å². The number of nitrogens with two attached hydrogens (primary N) is 1. The first-order valence-corrected chi connectivity index (χ1v) is 10.6. The van der Waals surface area contributed by atoms with Crippen molar-refractivity contribution in [1.29, 1.82) is 0 Å². The molecule has 0 saturated carbocycles. The van der Waals surface area contributed by atoms with Crippen LogP contribution in [-0.2, 0) is 16.0 Å². The maximum atomic E-state index is 13.0. The number of hydrogen-bond donors (Lipinski definition) is 5. The summed E-state index contributed by atoms with van der Waals surface area (Å²) in [5.74, 6) is 0.440. The Bertz CT molecular complexity index is 1000. The van der Waals surface area contributed by atoms with Crippen LogP contribution in [0.5, 0.6) is 0 Å². The Morgan fingerprint density at radius 2 is 1.90 bits per heavy atom. The molecule has 6 N–H and O–H groups in total. The van der Waals surface area contributed by atoms with Crippen molar-refractivity contribution in [2.24, 2.45) is 5.73 Å². The molecule has 2 aromatic carbocycles. The molecule has 3 atom stereocenters. The molecule has 162 valence electrons. The van der Waals surface area contributed by atoms with Gasteiger partial charge in [-0.05, 0) is 37.0 Å². The quantitative estimate of drug-likeness (QED) is 0.374. The van der Waals surface area contributed by atoms with E-state index in [4.69, 9.17) is 10.7 Å². The van der Waals surface area contributed by atoms with Crippen molar-refractivity contribution in [3.63, 3.8) is 0 Å². The number of imidazole rings is 1. The van der Waals surface area contributed by atoms with E-state index in [2.05, 4.69) is 33.1 Å². The number of fused-ring (bicyclic) bond motifs is 1. The molecule has 2 unspecified atom stereocenters. The molecule has 1 aliphatic rings. The Morgan fingerprint density at radius 1 is 1.13 bits per heavy atom. The van der Waals surface area contributed by atoms with Crippen LogP contribution in [0.25, 0.3) is 11.0 Å². The lowest BCUT2D eigenvalue weighted by Gasteiger charge is -2.20. The second kappa shape index (κ2) is 9.72. The highest BCUT2D eigenvalue weighted by molar-refractivity contribution is 5.83. The Hall–Kier alpha value is -3.23. The van der Waals surface area contributed by atoms with E-state index in [1.54, 1.807) is 0 Å². The van der Waals surface area contributed by atoms with Gasteiger partial charge in [-0.3, -0.25) is 9.59 Å². The Morgan fingerprint density at radius 3 is 2.68 bits per heavy atom. The minimum atomic E-state index is -0.369. The summed E-state index contributed by atoms with van der Waals surface area (Å²) in [6, 6.07) is 17.3. The lowest BCUT2D eigenvalue weighted by atomic mass is 10.0. The van der Waals surface area contributed by atoms with Crippen molar-refractivity contribution in [2.45, 2.75) is 37.4 Å². The Kier molecular flexibility index (Phi) is 6.59. The number of benzene rings is 2. The van der Waals surface area contributed by atoms with E-state index >= 15 is 0 Å². The first kappa shape index (κ1) is 21.0. The molecule has 1 fully saturated rings. The van der Waals surface area contributed by atoms with Crippen LogP contribution >= 0.6 is 0 Å². The van der Waals surface area contributed by atoms with Gasteiger partial charge < -0.3 is 26.7 Å². The molecule has 0 spiro atoms. The molecule has 1 saturated heterocycles. The predicted octanol–water partition coefficient (Wildman–Crippen LogP) is 1.16. The lowest BCUT2D eigenvalue weighted by molar-refractivity contribution is -0.124. The number of hydrogen-bond acceptors (Lipinski definition) is 5. The van der Waals surface area contributed by atoms with Crippen LogP contribution in [0.4, 0.5) is 0 Å². The average molecular weight is 421 g/mol. The molecule has 0 radical (unpaired) electrons. The number of nitrogens with zero attached hydrogens (tertiary/aromatic N) is 1. The van der Waals surface area contributed by atoms with Gasteiger partial charge in [-0.1, -0.05) is 42.5 Å². The summed E-state index contributed by atoms with van der Waals surface area (Å²) < 4.78 is 0. The summed E-state index contributed by atoms with van der Waals surface area (Å²) in [7, 11) is 0. The molecule has 3 aromatic rings. The van der Waals surface area contributed by atoms with Crippen molar-refractivity contribution >= 4 is 22.8 Å². The number of carbonyl (C=O) groups is 2. The number of carbonyl (C=O) groups excluding carboxylic acids is 2. The van der Waals surface area contributed by atoms with E-state index in [1.807, 2.05) is 42.5 Å². The van der Waals surface area contributed by atoms with Crippen LogP contribution < -0.4 is 21.7 Å². The number of amides is 2. The molecule has 8 nitrogen and oxygen atoms in total. The molecule has 1 aromatic heterocycles. The van der Waals surface area contributed by atoms with E-state index in [9.17, 15) is 9.59 Å². The topological polar surface area (TPSA) is 125 Å². The van der Waals surface area contributed by atoms with E-state index in [-0.39, 0.29) is 36.5 Å². The SMILES string of the molecule is NCC(=O)NC1CNC(C(=O)N[C@@H](CCc2ccccc2)c2nc3ccccc3[nH]2)C1. The second-order valence-electron chi connectivity index (χ2n) is 7.89. The minimum Gasteiger partial charge on any atom is -0.351 e. The van der Waals surface area contributed by atoms with Gasteiger partial charge in [0, 0.05) is 12.6 Å². The zero-order chi connectivity index (χ0) is 21.6. The third-order valence-corrected chi connectivity index (χ3v) is 5.62. The fraction of sp³-hybridized carbons (Fsp3) is 0.348. The maximum absolute atomic E-state index is 13.0. The summed E-state index contributed by atoms with van der Waals surface area (Å²) in [4.78, 5) is 32.6. The zero-order valence-corrected chi connectivity index (χ0v) is 17.3. The molecule has 31 heavy (non-hydrogen) atoms. The summed E-state index contributed by atoms with van der Waals surface area (Å²) in [6.45, 7) is 0.490. The minimum absolute atomic E-state index is 0.0546. The summed E-state index contributed by atoms with van der Waals surface area (Å²) in [5.41, 5.74) is 8.40. The summed E-state index contributed by atoms with van der Waals surface area (Å²) >= 11 is 0. The molecule has 8 heteroatoms. The van der Waals surface area contributed by atoms with Gasteiger partial charge in [-0.25, -0.2) is 4.98 Å². The van der Waals surface area contributed by atoms with Gasteiger partial charge in [0.15, 0.2) is 0 Å². The van der Waals surface area contributed by atoms with E-state index in [1.165, 1.54) is 5.56 Å². The predicted molar refractivity (Wildman–Crippen MR) is 119 cm³/mol. The second-order valence-corrected chi connectivity index (χ2v) is 7.89. The third kappa shape index (κ3) is 5.28. The zero-order valence-electron chi connectivity index (χ0n) is 17.3. The van der Waals surface area contributed by atoms with Crippen LogP contribution in [0.1, 0.15) is 30.3 Å². The molecule has 2 amide bonds. The van der Waals surface area contributed by atoms with Crippen molar-refractivity contribution < 1.29 is 9.59 Å². The van der Waals surface area contributed by atoms with E-state index < -0.39 is 0 Å². The van der Waals surface area contributed by atoms with E-state index in [0.717, 1.165) is 29.7 Å². The highest BCUT2D eigenvalue weighted by Gasteiger charge is 2.31. The van der Waals surface area contributed by atoms with Crippen molar-refractivity contribution in [3.8, 4) is 0 Å². The van der Waals surface area contributed by atoms with Crippen LogP contribution in [0.3, 0.4) is 0 Å². The average Bonchev–Trinajstić information content (AvgIpc) is 3.44. The first-order valence-electron chi connectivity index (χ1n) is 10.6. The Labute approximate surface area is 181 Å². The van der Waals surface area contributed by atoms with Crippen LogP contribution in [0.2, 0.25) is 0 Å². The van der Waals surface area contributed by atoms with Gasteiger partial charge in [-0.15, -0.1) is 0 Å². The number of aromatic nitrogens is 2. The van der Waals surface area contributed by atoms with Crippen molar-refractivity contribution in [3.05, 3.63) is 66.0 Å². The Balaban J connectivity index is 1.46. The van der Waals surface area contributed by atoms with Gasteiger partial charge in [-0.2, -0.15) is 0 Å². The summed E-state index contributed by atoms with van der Waals surface area (Å²) in [5, 5.41) is 9.19. The lowest BCUT2D eigenvalue weighted by Crippen LogP contribution is -2.42. The monoisotopic (exact) mass is 420 g/mol. The smallest absolute Gasteiger partial charge is 0.237 e. The number of nitrogens with one attached hydrogen (secondary N) is 4. The fourth-order valence-electron chi connectivity index (χ4n) is 3.97. The number of H-pyrrole nitrogens is 1. The molecular formula is C23H28N6O2. The number of para-hydroxylation sites is 2. The summed E-state index contributed by atoms with van der Waals surface area (Å²) in [6.07, 6.45) is 2.06. The fourth-order valence-corrected chi connectivity index (χ4v) is 3.97. The molecular weight excluding hydrogens is 392 g/mol. The van der Waals surface area contributed by atoms with Gasteiger partial charge in [0.2, 0.25) is 11.8 Å². The van der Waals surface area contributed by atoms with Crippen LogP contribution in [0.15, 0.2) is 54.6 Å².